The summed E-state index contributed by atoms with van der Waals surface area (Å²) in [6, 6.07) is 1.31. The van der Waals surface area contributed by atoms with Gasteiger partial charge in [0.15, 0.2) is 0 Å². The number of hydrogen-bond donors (Lipinski definition) is 1. The van der Waals surface area contributed by atoms with Crippen LogP contribution in [0.15, 0.2) is 0 Å². The van der Waals surface area contributed by atoms with Crippen LogP contribution in [0.1, 0.15) is 57.8 Å². The summed E-state index contributed by atoms with van der Waals surface area (Å²) in [4.78, 5) is 30.3. The van der Waals surface area contributed by atoms with E-state index < -0.39 is 5.97 Å². The van der Waals surface area contributed by atoms with E-state index in [4.69, 9.17) is 5.11 Å². The first-order chi connectivity index (χ1) is 12.0. The molecule has 0 bridgehead atoms. The third-order valence-corrected chi connectivity index (χ3v) is 6.10. The summed E-state index contributed by atoms with van der Waals surface area (Å²) in [6.45, 7) is 2.49. The lowest BCUT2D eigenvalue weighted by Crippen LogP contribution is -2.46. The molecule has 25 heavy (non-hydrogen) atoms. The molecule has 0 radical (unpaired) electrons. The maximum absolute atomic E-state index is 12.9. The van der Waals surface area contributed by atoms with Gasteiger partial charge >= 0.3 is 5.97 Å². The average molecular weight is 351 g/mol. The van der Waals surface area contributed by atoms with Gasteiger partial charge in [-0.15, -0.1) is 0 Å². The van der Waals surface area contributed by atoms with Gasteiger partial charge in [-0.1, -0.05) is 12.8 Å². The summed E-state index contributed by atoms with van der Waals surface area (Å²) in [6.07, 6.45) is 10.3. The molecule has 2 aliphatic carbocycles. The number of hydrogen-bond acceptors (Lipinski definition) is 4. The highest BCUT2D eigenvalue weighted by Crippen LogP contribution is 2.34. The van der Waals surface area contributed by atoms with Gasteiger partial charge in [0, 0.05) is 24.7 Å². The molecule has 1 unspecified atom stereocenters. The maximum Gasteiger partial charge on any atom is 0.317 e. The first-order valence-electron chi connectivity index (χ1n) is 10.00. The number of nitrogens with zero attached hydrogens (tertiary/aromatic N) is 3. The van der Waals surface area contributed by atoms with Crippen LogP contribution in [-0.4, -0.2) is 83.0 Å². The van der Waals surface area contributed by atoms with Crippen LogP contribution < -0.4 is 0 Å². The van der Waals surface area contributed by atoms with Gasteiger partial charge in [-0.25, -0.2) is 0 Å². The minimum Gasteiger partial charge on any atom is -0.480 e. The number of carboxylic acid groups (broad SMARTS) is 1. The van der Waals surface area contributed by atoms with Crippen LogP contribution in [0.2, 0.25) is 0 Å². The van der Waals surface area contributed by atoms with Crippen LogP contribution in [0.25, 0.3) is 0 Å². The lowest BCUT2D eigenvalue weighted by atomic mass is 10.1. The van der Waals surface area contributed by atoms with Gasteiger partial charge in [-0.3, -0.25) is 19.4 Å². The lowest BCUT2D eigenvalue weighted by Gasteiger charge is -2.31. The van der Waals surface area contributed by atoms with Crippen LogP contribution in [0.3, 0.4) is 0 Å². The summed E-state index contributed by atoms with van der Waals surface area (Å²) >= 11 is 0. The molecule has 1 saturated heterocycles. The van der Waals surface area contributed by atoms with Crippen molar-refractivity contribution in [3.05, 3.63) is 0 Å². The van der Waals surface area contributed by atoms with Crippen molar-refractivity contribution in [3.8, 4) is 0 Å². The van der Waals surface area contributed by atoms with Crippen LogP contribution in [0, 0.1) is 0 Å². The number of likely N-dealkylation sites (N-methyl/N-ethyl adjacent to an activating group) is 1. The number of carbonyl (C=O) groups excluding carboxylic acids is 1. The monoisotopic (exact) mass is 351 g/mol. The Morgan fingerprint density at radius 3 is 2.20 bits per heavy atom. The smallest absolute Gasteiger partial charge is 0.317 e. The highest BCUT2D eigenvalue weighted by molar-refractivity contribution is 5.79. The summed E-state index contributed by atoms with van der Waals surface area (Å²) < 4.78 is 0. The second-order valence-electron chi connectivity index (χ2n) is 8.14. The Morgan fingerprint density at radius 2 is 1.56 bits per heavy atom. The molecule has 1 heterocycles. The van der Waals surface area contributed by atoms with Gasteiger partial charge in [0.05, 0.1) is 13.1 Å². The molecule has 3 aliphatic rings. The predicted molar refractivity (Wildman–Crippen MR) is 96.5 cm³/mol. The fraction of sp³-hybridized carbons (Fsp3) is 0.895. The Hall–Kier alpha value is -1.14. The van der Waals surface area contributed by atoms with Crippen molar-refractivity contribution in [1.29, 1.82) is 0 Å². The van der Waals surface area contributed by atoms with Gasteiger partial charge in [0.25, 0.3) is 0 Å². The Morgan fingerprint density at radius 1 is 0.920 bits per heavy atom. The number of rotatable bonds is 7. The van der Waals surface area contributed by atoms with Crippen molar-refractivity contribution in [2.24, 2.45) is 0 Å². The van der Waals surface area contributed by atoms with Crippen molar-refractivity contribution in [2.75, 3.05) is 33.2 Å². The summed E-state index contributed by atoms with van der Waals surface area (Å²) in [7, 11) is 1.90. The second kappa shape index (κ2) is 8.49. The van der Waals surface area contributed by atoms with E-state index in [0.29, 0.717) is 30.6 Å². The predicted octanol–water partition coefficient (Wildman–Crippen LogP) is 1.79. The first-order valence-corrected chi connectivity index (χ1v) is 10.00. The summed E-state index contributed by atoms with van der Waals surface area (Å²) in [5.41, 5.74) is 0. The minimum atomic E-state index is -0.768. The maximum atomic E-state index is 12.9. The molecular formula is C19H33N3O3. The minimum absolute atomic E-state index is 0.0980. The number of carbonyl (C=O) groups is 2. The average Bonchev–Trinajstić information content (AvgIpc) is 3.28. The van der Waals surface area contributed by atoms with E-state index in [0.717, 1.165) is 32.4 Å². The zero-order valence-electron chi connectivity index (χ0n) is 15.5. The van der Waals surface area contributed by atoms with E-state index in [1.807, 2.05) is 11.9 Å². The van der Waals surface area contributed by atoms with Crippen molar-refractivity contribution >= 4 is 11.9 Å². The van der Waals surface area contributed by atoms with E-state index >= 15 is 0 Å². The Bertz CT molecular complexity index is 475. The van der Waals surface area contributed by atoms with Gasteiger partial charge < -0.3 is 10.0 Å². The molecule has 0 spiro atoms. The number of aliphatic carboxylic acids is 1. The van der Waals surface area contributed by atoms with E-state index in [9.17, 15) is 9.59 Å². The molecule has 1 atom stereocenters. The molecule has 0 aromatic heterocycles. The third-order valence-electron chi connectivity index (χ3n) is 6.10. The molecule has 1 amide bonds. The van der Waals surface area contributed by atoms with Gasteiger partial charge in [-0.05, 0) is 58.5 Å². The highest BCUT2D eigenvalue weighted by Gasteiger charge is 2.38. The molecule has 3 fully saturated rings. The molecule has 142 valence electrons. The molecule has 0 aromatic rings. The van der Waals surface area contributed by atoms with Gasteiger partial charge in [-0.2, -0.15) is 0 Å². The third kappa shape index (κ3) is 5.17. The first kappa shape index (κ1) is 18.6. The SMILES string of the molecule is CN(CC(=O)O)C1CCCN(CC(=O)N(C2CCCC2)C2CC2)CC1. The number of likely N-dealkylation sites (tertiary alicyclic amines) is 1. The Balaban J connectivity index is 1.50. The fourth-order valence-electron chi connectivity index (χ4n) is 4.59. The van der Waals surface area contributed by atoms with E-state index in [2.05, 4.69) is 9.80 Å². The topological polar surface area (TPSA) is 64.1 Å². The molecule has 6 nitrogen and oxygen atoms in total. The van der Waals surface area contributed by atoms with Crippen molar-refractivity contribution < 1.29 is 14.7 Å². The fourth-order valence-corrected chi connectivity index (χ4v) is 4.59. The van der Waals surface area contributed by atoms with Crippen molar-refractivity contribution in [2.45, 2.75) is 75.9 Å². The summed E-state index contributed by atoms with van der Waals surface area (Å²) in [5.74, 6) is -0.442. The van der Waals surface area contributed by atoms with E-state index in [1.54, 1.807) is 0 Å². The number of amides is 1. The van der Waals surface area contributed by atoms with Crippen LogP contribution in [0.4, 0.5) is 0 Å². The zero-order chi connectivity index (χ0) is 17.8. The largest absolute Gasteiger partial charge is 0.480 e. The lowest BCUT2D eigenvalue weighted by molar-refractivity contribution is -0.138. The molecule has 1 aliphatic heterocycles. The van der Waals surface area contributed by atoms with Gasteiger partial charge in [0.2, 0.25) is 5.91 Å². The normalized spacial score (nSPS) is 25.9. The van der Waals surface area contributed by atoms with E-state index in [-0.39, 0.29) is 6.54 Å². The summed E-state index contributed by atoms with van der Waals surface area (Å²) in [5, 5.41) is 8.98. The van der Waals surface area contributed by atoms with Crippen molar-refractivity contribution in [3.63, 3.8) is 0 Å². The Kier molecular flexibility index (Phi) is 6.34. The van der Waals surface area contributed by atoms with Crippen molar-refractivity contribution in [1.82, 2.24) is 14.7 Å². The second-order valence-corrected chi connectivity index (χ2v) is 8.14. The van der Waals surface area contributed by atoms with Crippen LogP contribution >= 0.6 is 0 Å². The highest BCUT2D eigenvalue weighted by atomic mass is 16.4. The number of carboxylic acids is 1. The zero-order valence-corrected chi connectivity index (χ0v) is 15.5. The molecule has 1 N–H and O–H groups in total. The molecular weight excluding hydrogens is 318 g/mol. The van der Waals surface area contributed by atoms with Gasteiger partial charge in [0.1, 0.15) is 0 Å². The standard InChI is InChI=1S/C19H33N3O3/c1-20(14-19(24)25)15-7-4-11-21(12-10-15)13-18(23)22(17-8-9-17)16-5-2-3-6-16/h15-17H,2-14H2,1H3,(H,24,25). The van der Waals surface area contributed by atoms with Crippen LogP contribution in [-0.2, 0) is 9.59 Å². The molecule has 3 rings (SSSR count). The van der Waals surface area contributed by atoms with Crippen LogP contribution in [0.5, 0.6) is 0 Å². The Labute approximate surface area is 151 Å². The molecule has 6 heteroatoms. The quantitative estimate of drug-likeness (QED) is 0.758. The molecule has 0 aromatic carbocycles. The van der Waals surface area contributed by atoms with E-state index in [1.165, 1.54) is 38.5 Å². The molecule has 2 saturated carbocycles.